The maximum atomic E-state index is 13.2. The van der Waals surface area contributed by atoms with Gasteiger partial charge in [-0.15, -0.1) is 0 Å². The van der Waals surface area contributed by atoms with Crippen molar-refractivity contribution >= 4 is 62.2 Å². The Balaban J connectivity index is 0.000000152. The summed E-state index contributed by atoms with van der Waals surface area (Å²) in [5.74, 6) is 2.34. The summed E-state index contributed by atoms with van der Waals surface area (Å²) >= 11 is 11.7. The average molecular weight is 1440 g/mol. The molecular formula is C89H111Cl2F2N7O3. The summed E-state index contributed by atoms with van der Waals surface area (Å²) in [6, 6.07) is 51.0. The molecule has 548 valence electrons. The van der Waals surface area contributed by atoms with Crippen LogP contribution >= 0.6 is 23.2 Å². The van der Waals surface area contributed by atoms with Gasteiger partial charge in [0.2, 0.25) is 0 Å². The standard InChI is InChI=1S/C13H16FNO.C13H16FN.2C13H17NO.C13H17N.2C12H14ClN/c1-16-13-5-4-11(14)9-12(13)10-3-2-7-15-8-6-10;1-10-4-5-12(14)9-13(10)11-3-2-7-15-8-6-11;2*1-15-13-7-3-2-6-12(13)11-5-4-9-14-10-8-11;1-11-5-2-3-7-13(11)12-6-4-9-14-10-8-12;2*13-12-5-3-11(4-6-12)10-2-1-8-14-9-7-10/h3-5,9,15H,2,6-8H2,1H3;3-5,9,15H,2,6-8H2,1H3;2-3,6-8,14H,4-5,9-10H2,1H3;2-3,5-7,14H,4,8-10H2,1H3;2-3,5-7,14H,4,8-10H2,1H3;3-7,14H,1-2,8-9H2;2-6,14H,1,7-9H2. The van der Waals surface area contributed by atoms with E-state index in [0.29, 0.717) is 0 Å². The van der Waals surface area contributed by atoms with Crippen LogP contribution < -0.4 is 51.4 Å². The molecule has 0 atom stereocenters. The lowest BCUT2D eigenvalue weighted by molar-refractivity contribution is 0.412. The highest BCUT2D eigenvalue weighted by Gasteiger charge is 2.15. The molecular weight excluding hydrogens is 1320 g/mol. The lowest BCUT2D eigenvalue weighted by Gasteiger charge is -2.11. The van der Waals surface area contributed by atoms with Crippen molar-refractivity contribution in [3.05, 3.63) is 272 Å². The SMILES string of the molecule is COc1ccc(F)cc1C1=CCCNCC1.COc1ccccc1C1=CCCNCC1.COc1ccccc1C1=CCNCCC1.Cc1ccc(F)cc1C1=CCCNCC1.Cc1ccccc1C1=CCCNCC1.Clc1ccc(C2=CCCNCC2)cc1.Clc1ccc(C2=CCNCCC2)cc1. The smallest absolute Gasteiger partial charge is 0.126 e. The van der Waals surface area contributed by atoms with Crippen molar-refractivity contribution in [2.75, 3.05) is 113 Å². The van der Waals surface area contributed by atoms with E-state index in [0.717, 1.165) is 213 Å². The van der Waals surface area contributed by atoms with E-state index >= 15 is 0 Å². The van der Waals surface area contributed by atoms with Gasteiger partial charge in [-0.1, -0.05) is 157 Å². The number of aryl methyl sites for hydroxylation is 2. The summed E-state index contributed by atoms with van der Waals surface area (Å²) in [7, 11) is 5.08. The molecule has 0 spiro atoms. The van der Waals surface area contributed by atoms with Gasteiger partial charge in [0, 0.05) is 39.8 Å². The van der Waals surface area contributed by atoms with Crippen molar-refractivity contribution in [1.82, 2.24) is 37.2 Å². The zero-order chi connectivity index (χ0) is 72.5. The first-order valence-corrected chi connectivity index (χ1v) is 38.0. The van der Waals surface area contributed by atoms with Crippen LogP contribution in [0.2, 0.25) is 10.0 Å². The van der Waals surface area contributed by atoms with Crippen molar-refractivity contribution in [3.63, 3.8) is 0 Å². The summed E-state index contributed by atoms with van der Waals surface area (Å²) in [6.07, 6.45) is 31.3. The van der Waals surface area contributed by atoms with Gasteiger partial charge in [-0.3, -0.25) is 0 Å². The molecule has 0 amide bonds. The number of rotatable bonds is 10. The van der Waals surface area contributed by atoms with Crippen molar-refractivity contribution < 1.29 is 23.0 Å². The maximum Gasteiger partial charge on any atom is 0.126 e. The highest BCUT2D eigenvalue weighted by atomic mass is 35.5. The van der Waals surface area contributed by atoms with E-state index in [-0.39, 0.29) is 11.6 Å². The van der Waals surface area contributed by atoms with Gasteiger partial charge in [0.15, 0.2) is 0 Å². The topological polar surface area (TPSA) is 112 Å². The number of ether oxygens (including phenoxy) is 3. The molecule has 14 rings (SSSR count). The summed E-state index contributed by atoms with van der Waals surface area (Å²) in [5, 5.41) is 25.2. The number of benzene rings is 7. The maximum absolute atomic E-state index is 13.2. The Morgan fingerprint density at radius 1 is 0.291 bits per heavy atom. The molecule has 7 heterocycles. The fourth-order valence-electron chi connectivity index (χ4n) is 13.3. The first kappa shape index (κ1) is 81.0. The Kier molecular flexibility index (Phi) is 36.8. The minimum absolute atomic E-state index is 0.145. The molecule has 7 aliphatic heterocycles. The second-order valence-corrected chi connectivity index (χ2v) is 27.1. The van der Waals surface area contributed by atoms with E-state index in [2.05, 4.69) is 159 Å². The molecule has 0 bridgehead atoms. The van der Waals surface area contributed by atoms with Gasteiger partial charge in [0.05, 0.1) is 21.3 Å². The molecule has 0 saturated carbocycles. The van der Waals surface area contributed by atoms with Gasteiger partial charge < -0.3 is 51.4 Å². The van der Waals surface area contributed by atoms with Crippen molar-refractivity contribution in [1.29, 1.82) is 0 Å². The van der Waals surface area contributed by atoms with Gasteiger partial charge in [-0.05, 0) is 321 Å². The van der Waals surface area contributed by atoms with Gasteiger partial charge in [-0.25, -0.2) is 8.78 Å². The molecule has 7 aromatic carbocycles. The van der Waals surface area contributed by atoms with E-state index in [1.165, 1.54) is 97.4 Å². The number of nitrogens with one attached hydrogen (secondary N) is 7. The van der Waals surface area contributed by atoms with Crippen LogP contribution in [0.25, 0.3) is 39.0 Å². The Morgan fingerprint density at radius 2 is 0.621 bits per heavy atom. The van der Waals surface area contributed by atoms with E-state index in [1.54, 1.807) is 39.5 Å². The highest BCUT2D eigenvalue weighted by molar-refractivity contribution is 6.30. The zero-order valence-corrected chi connectivity index (χ0v) is 63.1. The third kappa shape index (κ3) is 28.4. The lowest BCUT2D eigenvalue weighted by Crippen LogP contribution is -2.13. The summed E-state index contributed by atoms with van der Waals surface area (Å²) in [6.45, 7) is 18.9. The second kappa shape index (κ2) is 46.9. The Labute approximate surface area is 624 Å². The van der Waals surface area contributed by atoms with Crippen molar-refractivity contribution in [2.24, 2.45) is 0 Å². The minimum Gasteiger partial charge on any atom is -0.496 e. The lowest BCUT2D eigenvalue weighted by atomic mass is 9.97. The van der Waals surface area contributed by atoms with Crippen LogP contribution in [-0.4, -0.2) is 113 Å². The van der Waals surface area contributed by atoms with E-state index in [1.807, 2.05) is 61.5 Å². The van der Waals surface area contributed by atoms with Crippen LogP contribution in [0.5, 0.6) is 17.2 Å². The molecule has 0 saturated heterocycles. The first-order chi connectivity index (χ1) is 50.5. The Morgan fingerprint density at radius 3 is 1.09 bits per heavy atom. The molecule has 7 N–H and O–H groups in total. The van der Waals surface area contributed by atoms with Crippen LogP contribution in [0.1, 0.15) is 140 Å². The Bertz CT molecular complexity index is 3780. The predicted octanol–water partition coefficient (Wildman–Crippen LogP) is 19.4. The largest absolute Gasteiger partial charge is 0.496 e. The summed E-state index contributed by atoms with van der Waals surface area (Å²) < 4.78 is 42.4. The molecule has 0 unspecified atom stereocenters. The second-order valence-electron chi connectivity index (χ2n) is 26.2. The van der Waals surface area contributed by atoms with Crippen LogP contribution in [0.15, 0.2) is 200 Å². The number of halogens is 4. The molecule has 0 radical (unpaired) electrons. The minimum atomic E-state index is -0.214. The predicted molar refractivity (Wildman–Crippen MR) is 435 cm³/mol. The van der Waals surface area contributed by atoms with Crippen molar-refractivity contribution in [3.8, 4) is 17.2 Å². The number of para-hydroxylation sites is 2. The molecule has 7 aliphatic rings. The molecule has 7 aromatic rings. The molecule has 103 heavy (non-hydrogen) atoms. The van der Waals surface area contributed by atoms with Crippen LogP contribution in [-0.2, 0) is 0 Å². The summed E-state index contributed by atoms with van der Waals surface area (Å²) in [4.78, 5) is 0. The number of hydrogen-bond donors (Lipinski definition) is 7. The van der Waals surface area contributed by atoms with E-state index in [4.69, 9.17) is 37.4 Å². The number of allylic oxidation sites excluding steroid dienone is 2. The fourth-order valence-corrected chi connectivity index (χ4v) is 13.6. The number of hydrogen-bond acceptors (Lipinski definition) is 10. The average Bonchev–Trinajstić information content (AvgIpc) is 1.51. The number of methoxy groups -OCH3 is 3. The van der Waals surface area contributed by atoms with Crippen LogP contribution in [0.4, 0.5) is 8.78 Å². The van der Waals surface area contributed by atoms with Crippen molar-refractivity contribution in [2.45, 2.75) is 104 Å². The van der Waals surface area contributed by atoms with Gasteiger partial charge in [-0.2, -0.15) is 0 Å². The van der Waals surface area contributed by atoms with Crippen LogP contribution in [0.3, 0.4) is 0 Å². The summed E-state index contributed by atoms with van der Waals surface area (Å²) in [5.41, 5.74) is 20.6. The molecule has 0 aliphatic carbocycles. The third-order valence-electron chi connectivity index (χ3n) is 18.9. The van der Waals surface area contributed by atoms with E-state index < -0.39 is 0 Å². The zero-order valence-electron chi connectivity index (χ0n) is 61.6. The molecule has 14 heteroatoms. The monoisotopic (exact) mass is 1430 g/mol. The fraction of sp³-hybridized carbons (Fsp3) is 0.371. The Hall–Kier alpha value is -7.72. The molecule has 0 aromatic heterocycles. The van der Waals surface area contributed by atoms with Crippen LogP contribution in [0, 0.1) is 25.5 Å². The quantitative estimate of drug-likeness (QED) is 0.0715. The normalized spacial score (nSPS) is 17.0. The highest BCUT2D eigenvalue weighted by Crippen LogP contribution is 2.33. The van der Waals surface area contributed by atoms with Gasteiger partial charge in [0.1, 0.15) is 28.9 Å². The molecule has 10 nitrogen and oxygen atoms in total. The van der Waals surface area contributed by atoms with Gasteiger partial charge >= 0.3 is 0 Å². The first-order valence-electron chi connectivity index (χ1n) is 37.2. The van der Waals surface area contributed by atoms with E-state index in [9.17, 15) is 8.78 Å². The van der Waals surface area contributed by atoms with Gasteiger partial charge in [0.25, 0.3) is 0 Å². The molecule has 0 fully saturated rings. The third-order valence-corrected chi connectivity index (χ3v) is 19.4.